The van der Waals surface area contributed by atoms with Crippen molar-refractivity contribution in [3.05, 3.63) is 77.4 Å². The van der Waals surface area contributed by atoms with Crippen LogP contribution in [0.4, 0.5) is 22.0 Å². The summed E-state index contributed by atoms with van der Waals surface area (Å²) in [5.41, 5.74) is 0.0214. The Morgan fingerprint density at radius 2 is 1.56 bits per heavy atom. The fourth-order valence-electron chi connectivity index (χ4n) is 5.76. The molecular weight excluding hydrogens is 612 g/mol. The first-order valence-electron chi connectivity index (χ1n) is 13.9. The van der Waals surface area contributed by atoms with Gasteiger partial charge in [-0.25, -0.2) is 8.78 Å². The molecule has 0 aromatic heterocycles. The number of ether oxygens (including phenoxy) is 1. The van der Waals surface area contributed by atoms with Crippen molar-refractivity contribution in [2.75, 3.05) is 52.9 Å². The van der Waals surface area contributed by atoms with Crippen LogP contribution in [0.3, 0.4) is 0 Å². The van der Waals surface area contributed by atoms with Crippen LogP contribution in [0.25, 0.3) is 10.8 Å². The maximum atomic E-state index is 13.7. The highest BCUT2D eigenvalue weighted by Crippen LogP contribution is 2.33. The molecule has 1 atom stereocenters. The molecule has 236 valence electrons. The Balaban J connectivity index is 0.00000253. The van der Waals surface area contributed by atoms with Crippen LogP contribution in [0.5, 0.6) is 5.75 Å². The second-order valence-corrected chi connectivity index (χ2v) is 11.0. The highest BCUT2D eigenvalue weighted by molar-refractivity contribution is 5.95. The molecule has 0 bridgehead atoms. The maximum Gasteiger partial charge on any atom is 0.416 e. The number of amides is 1. The van der Waals surface area contributed by atoms with Crippen molar-refractivity contribution >= 4 is 41.5 Å². The number of hydrogen-bond donors (Lipinski definition) is 0. The average Bonchev–Trinajstić information content (AvgIpc) is 2.95. The van der Waals surface area contributed by atoms with Crippen molar-refractivity contribution in [2.24, 2.45) is 0 Å². The van der Waals surface area contributed by atoms with Gasteiger partial charge in [0.1, 0.15) is 5.75 Å². The van der Waals surface area contributed by atoms with E-state index in [1.54, 1.807) is 4.90 Å². The van der Waals surface area contributed by atoms with Gasteiger partial charge in [-0.3, -0.25) is 9.69 Å². The minimum absolute atomic E-state index is 0. The van der Waals surface area contributed by atoms with E-state index < -0.39 is 23.6 Å². The number of halogens is 7. The lowest BCUT2D eigenvalue weighted by molar-refractivity contribution is -0.137. The Bertz CT molecular complexity index is 1380. The van der Waals surface area contributed by atoms with Crippen LogP contribution in [-0.4, -0.2) is 85.5 Å². The summed E-state index contributed by atoms with van der Waals surface area (Å²) in [5, 5.41) is 2.16. The van der Waals surface area contributed by atoms with Crippen molar-refractivity contribution in [3.63, 3.8) is 0 Å². The zero-order chi connectivity index (χ0) is 29.2. The summed E-state index contributed by atoms with van der Waals surface area (Å²) < 4.78 is 73.0. The molecule has 2 fully saturated rings. The molecule has 2 aliphatic rings. The number of carbonyl (C=O) groups excluding carboxylic acids is 1. The van der Waals surface area contributed by atoms with E-state index in [9.17, 15) is 26.7 Å². The molecule has 3 aromatic rings. The van der Waals surface area contributed by atoms with Gasteiger partial charge in [-0.2, -0.15) is 13.2 Å². The standard InChI is InChI=1S/C31H34F5N3O2.2ClH/c1-41-28-19-25(18-26(20-28)31(34,35)36)29(40)39-15-14-38(13-12-37-10-8-30(32,33)9-11-37)21-27(39)17-22-6-7-23-4-2-3-5-24(23)16-22;;/h2-7,16,18-20,27H,8-15,17,21H2,1H3;2*1H/t27-;;/m1../s1. The number of alkyl halides is 5. The van der Waals surface area contributed by atoms with E-state index in [0.717, 1.165) is 28.5 Å². The molecule has 2 heterocycles. The highest BCUT2D eigenvalue weighted by atomic mass is 35.5. The van der Waals surface area contributed by atoms with E-state index >= 15 is 0 Å². The Hall–Kier alpha value is -2.66. The molecule has 1 amide bonds. The quantitative estimate of drug-likeness (QED) is 0.264. The molecule has 0 spiro atoms. The lowest BCUT2D eigenvalue weighted by atomic mass is 9.98. The highest BCUT2D eigenvalue weighted by Gasteiger charge is 2.36. The molecule has 12 heteroatoms. The first-order valence-corrected chi connectivity index (χ1v) is 13.9. The van der Waals surface area contributed by atoms with E-state index in [-0.39, 0.29) is 55.0 Å². The normalized spacial score (nSPS) is 19.4. The summed E-state index contributed by atoms with van der Waals surface area (Å²) in [6.45, 7) is 3.43. The third-order valence-electron chi connectivity index (χ3n) is 8.15. The molecule has 0 unspecified atom stereocenters. The summed E-state index contributed by atoms with van der Waals surface area (Å²) in [5.74, 6) is -3.10. The van der Waals surface area contributed by atoms with E-state index in [1.165, 1.54) is 13.2 Å². The van der Waals surface area contributed by atoms with Crippen LogP contribution < -0.4 is 4.74 Å². The summed E-state index contributed by atoms with van der Waals surface area (Å²) >= 11 is 0. The first-order chi connectivity index (χ1) is 19.5. The van der Waals surface area contributed by atoms with Crippen LogP contribution in [0.1, 0.15) is 34.3 Å². The molecule has 5 nitrogen and oxygen atoms in total. The fourth-order valence-corrected chi connectivity index (χ4v) is 5.76. The number of nitrogens with zero attached hydrogens (tertiary/aromatic N) is 3. The van der Waals surface area contributed by atoms with E-state index in [2.05, 4.69) is 11.0 Å². The number of fused-ring (bicyclic) bond motifs is 1. The number of carbonyl (C=O) groups is 1. The van der Waals surface area contributed by atoms with Gasteiger partial charge >= 0.3 is 6.18 Å². The van der Waals surface area contributed by atoms with Crippen LogP contribution in [0.15, 0.2) is 60.7 Å². The summed E-state index contributed by atoms with van der Waals surface area (Å²) in [6.07, 6.45) is -4.37. The Morgan fingerprint density at radius 3 is 2.23 bits per heavy atom. The number of piperidine rings is 1. The van der Waals surface area contributed by atoms with E-state index in [0.29, 0.717) is 52.2 Å². The number of benzene rings is 3. The van der Waals surface area contributed by atoms with Gasteiger partial charge in [-0.15, -0.1) is 24.8 Å². The number of hydrogen-bond acceptors (Lipinski definition) is 4. The third-order valence-corrected chi connectivity index (χ3v) is 8.15. The molecule has 2 aliphatic heterocycles. The van der Waals surface area contributed by atoms with Crippen LogP contribution in [0, 0.1) is 0 Å². The minimum atomic E-state index is -4.62. The van der Waals surface area contributed by atoms with Gasteiger partial charge in [-0.1, -0.05) is 42.5 Å². The van der Waals surface area contributed by atoms with Gasteiger partial charge in [0.15, 0.2) is 0 Å². The molecule has 0 radical (unpaired) electrons. The maximum absolute atomic E-state index is 13.7. The van der Waals surface area contributed by atoms with Gasteiger partial charge in [0.05, 0.1) is 12.7 Å². The van der Waals surface area contributed by atoms with Gasteiger partial charge in [0, 0.05) is 70.3 Å². The van der Waals surface area contributed by atoms with Crippen molar-refractivity contribution in [1.82, 2.24) is 14.7 Å². The molecule has 0 N–H and O–H groups in total. The molecule has 5 rings (SSSR count). The predicted octanol–water partition coefficient (Wildman–Crippen LogP) is 6.81. The van der Waals surface area contributed by atoms with E-state index in [1.807, 2.05) is 41.3 Å². The zero-order valence-corrected chi connectivity index (χ0v) is 25.4. The third kappa shape index (κ3) is 8.71. The Labute approximate surface area is 260 Å². The van der Waals surface area contributed by atoms with Crippen LogP contribution in [-0.2, 0) is 12.6 Å². The second-order valence-electron chi connectivity index (χ2n) is 11.0. The van der Waals surface area contributed by atoms with E-state index in [4.69, 9.17) is 4.74 Å². The number of methoxy groups -OCH3 is 1. The largest absolute Gasteiger partial charge is 0.497 e. The lowest BCUT2D eigenvalue weighted by Crippen LogP contribution is -2.57. The van der Waals surface area contributed by atoms with Crippen molar-refractivity contribution < 1.29 is 31.5 Å². The number of piperazine rings is 1. The summed E-state index contributed by atoms with van der Waals surface area (Å²) in [6, 6.07) is 16.9. The Kier molecular flexibility index (Phi) is 11.7. The van der Waals surface area contributed by atoms with Crippen molar-refractivity contribution in [3.8, 4) is 5.75 Å². The van der Waals surface area contributed by atoms with Gasteiger partial charge in [0.25, 0.3) is 11.8 Å². The smallest absolute Gasteiger partial charge is 0.416 e. The summed E-state index contributed by atoms with van der Waals surface area (Å²) in [4.78, 5) is 19.7. The topological polar surface area (TPSA) is 36.0 Å². The van der Waals surface area contributed by atoms with Crippen LogP contribution >= 0.6 is 24.8 Å². The molecule has 43 heavy (non-hydrogen) atoms. The number of rotatable bonds is 7. The van der Waals surface area contributed by atoms with Crippen molar-refractivity contribution in [1.29, 1.82) is 0 Å². The molecule has 3 aromatic carbocycles. The molecule has 2 saturated heterocycles. The van der Waals surface area contributed by atoms with Gasteiger partial charge < -0.3 is 14.5 Å². The average molecular weight is 649 g/mol. The molecule has 0 aliphatic carbocycles. The fraction of sp³-hybridized carbons (Fsp3) is 0.452. The van der Waals surface area contributed by atoms with Gasteiger partial charge in [-0.05, 0) is 41.0 Å². The minimum Gasteiger partial charge on any atom is -0.497 e. The van der Waals surface area contributed by atoms with Gasteiger partial charge in [0.2, 0.25) is 0 Å². The first kappa shape index (κ1) is 34.8. The van der Waals surface area contributed by atoms with Crippen LogP contribution in [0.2, 0.25) is 0 Å². The molecule has 0 saturated carbocycles. The summed E-state index contributed by atoms with van der Waals surface area (Å²) in [7, 11) is 1.27. The second kappa shape index (κ2) is 14.4. The zero-order valence-electron chi connectivity index (χ0n) is 23.8. The van der Waals surface area contributed by atoms with Crippen molar-refractivity contribution in [2.45, 2.75) is 37.4 Å². The molecular formula is C31H36Cl2F5N3O2. The number of likely N-dealkylation sites (tertiary alicyclic amines) is 1. The predicted molar refractivity (Wildman–Crippen MR) is 162 cm³/mol. The SMILES string of the molecule is COc1cc(C(=O)N2CCN(CCN3CCC(F)(F)CC3)C[C@H]2Cc2ccc3ccccc3c2)cc(C(F)(F)F)c1.Cl.Cl. The lowest BCUT2D eigenvalue weighted by Gasteiger charge is -2.42. The Morgan fingerprint density at radius 1 is 0.884 bits per heavy atom. The monoisotopic (exact) mass is 647 g/mol.